The molecule has 1 aromatic heterocycles. The van der Waals surface area contributed by atoms with Gasteiger partial charge in [0.2, 0.25) is 0 Å². The Morgan fingerprint density at radius 2 is 0.775 bits per heavy atom. The molecular weight excluding hydrogens is 486 g/mol. The smallest absolute Gasteiger partial charge is 0.164 e. The molecule has 0 N–H and O–H groups in total. The van der Waals surface area contributed by atoms with Crippen molar-refractivity contribution in [3.8, 4) is 56.4 Å². The van der Waals surface area contributed by atoms with Gasteiger partial charge in [-0.25, -0.2) is 15.0 Å². The van der Waals surface area contributed by atoms with Crippen LogP contribution in [-0.4, -0.2) is 15.0 Å². The molecule has 0 saturated heterocycles. The van der Waals surface area contributed by atoms with Crippen LogP contribution >= 0.6 is 0 Å². The average molecular weight is 512 g/mol. The molecule has 40 heavy (non-hydrogen) atoms. The summed E-state index contributed by atoms with van der Waals surface area (Å²) in [6.07, 6.45) is 0. The van der Waals surface area contributed by atoms with Gasteiger partial charge < -0.3 is 0 Å². The van der Waals surface area contributed by atoms with Gasteiger partial charge >= 0.3 is 0 Å². The fraction of sp³-hybridized carbons (Fsp3) is 0. The third-order valence-corrected chi connectivity index (χ3v) is 7.13. The maximum atomic E-state index is 5.10. The second-order valence-corrected chi connectivity index (χ2v) is 9.69. The fourth-order valence-corrected chi connectivity index (χ4v) is 5.20. The van der Waals surface area contributed by atoms with Gasteiger partial charge in [0.25, 0.3) is 0 Å². The Morgan fingerprint density at radius 3 is 1.45 bits per heavy atom. The van der Waals surface area contributed by atoms with E-state index in [4.69, 9.17) is 15.0 Å². The maximum Gasteiger partial charge on any atom is 0.164 e. The van der Waals surface area contributed by atoms with Crippen LogP contribution in [0.1, 0.15) is 0 Å². The Hall–Kier alpha value is -5.41. The molecule has 0 aliphatic carbocycles. The van der Waals surface area contributed by atoms with Gasteiger partial charge in [-0.15, -0.1) is 0 Å². The molecule has 0 aliphatic heterocycles. The second kappa shape index (κ2) is 10.4. The van der Waals surface area contributed by atoms with E-state index in [1.54, 1.807) is 0 Å². The molecule has 0 atom stereocenters. The van der Waals surface area contributed by atoms with Gasteiger partial charge in [0.1, 0.15) is 0 Å². The molecule has 3 heteroatoms. The first-order chi connectivity index (χ1) is 19.8. The summed E-state index contributed by atoms with van der Waals surface area (Å²) in [5, 5.41) is 2.28. The molecule has 0 radical (unpaired) electrons. The molecule has 0 unspecified atom stereocenters. The van der Waals surface area contributed by atoms with E-state index in [2.05, 4.69) is 109 Å². The molecule has 0 amide bonds. The summed E-state index contributed by atoms with van der Waals surface area (Å²) in [6.45, 7) is 0. The Morgan fingerprint density at radius 1 is 0.300 bits per heavy atom. The Bertz CT molecular complexity index is 1930. The van der Waals surface area contributed by atoms with Crippen molar-refractivity contribution in [1.82, 2.24) is 15.0 Å². The molecule has 0 bridgehead atoms. The summed E-state index contributed by atoms with van der Waals surface area (Å²) >= 11 is 0. The van der Waals surface area contributed by atoms with Crippen molar-refractivity contribution < 1.29 is 0 Å². The zero-order chi connectivity index (χ0) is 26.7. The Labute approximate surface area is 233 Å². The van der Waals surface area contributed by atoms with E-state index in [1.807, 2.05) is 42.5 Å². The molecule has 0 aliphatic rings. The van der Waals surface area contributed by atoms with Gasteiger partial charge in [-0.1, -0.05) is 146 Å². The quantitative estimate of drug-likeness (QED) is 0.231. The topological polar surface area (TPSA) is 38.7 Å². The number of nitrogens with zero attached hydrogens (tertiary/aromatic N) is 3. The van der Waals surface area contributed by atoms with E-state index in [0.717, 1.165) is 49.7 Å². The van der Waals surface area contributed by atoms with Crippen LogP contribution in [0.3, 0.4) is 0 Å². The largest absolute Gasteiger partial charge is 0.208 e. The molecule has 188 valence electrons. The van der Waals surface area contributed by atoms with E-state index in [9.17, 15) is 0 Å². The molecule has 7 rings (SSSR count). The van der Waals surface area contributed by atoms with Crippen LogP contribution in [0, 0.1) is 0 Å². The van der Waals surface area contributed by atoms with Gasteiger partial charge in [-0.3, -0.25) is 0 Å². The number of hydrogen-bond donors (Lipinski definition) is 0. The van der Waals surface area contributed by atoms with Crippen LogP contribution in [0.2, 0.25) is 0 Å². The molecule has 1 heterocycles. The molecule has 0 fully saturated rings. The number of fused-ring (bicyclic) bond motifs is 1. The number of aromatic nitrogens is 3. The molecule has 6 aromatic carbocycles. The standard InChI is InChI=1S/C37H25N3/c1-4-13-26(14-5-1)30-21-10-22-31(25-30)36-38-35(29-17-8-3-9-18-29)39-37(40-36)33-24-12-20-28-19-11-23-32(34(28)33)27-15-6-2-7-16-27/h1-25H. The Kier molecular flexibility index (Phi) is 6.15. The number of benzene rings is 6. The minimum absolute atomic E-state index is 0.649. The summed E-state index contributed by atoms with van der Waals surface area (Å²) < 4.78 is 0. The van der Waals surface area contributed by atoms with E-state index >= 15 is 0 Å². The second-order valence-electron chi connectivity index (χ2n) is 9.69. The van der Waals surface area contributed by atoms with Crippen molar-refractivity contribution in [2.45, 2.75) is 0 Å². The van der Waals surface area contributed by atoms with Crippen molar-refractivity contribution in [3.05, 3.63) is 152 Å². The van der Waals surface area contributed by atoms with Crippen LogP contribution in [0.4, 0.5) is 0 Å². The minimum atomic E-state index is 0.649. The van der Waals surface area contributed by atoms with Crippen LogP contribution < -0.4 is 0 Å². The summed E-state index contributed by atoms with van der Waals surface area (Å²) in [6, 6.07) is 52.2. The van der Waals surface area contributed by atoms with Crippen LogP contribution in [-0.2, 0) is 0 Å². The van der Waals surface area contributed by atoms with Crippen molar-refractivity contribution in [3.63, 3.8) is 0 Å². The van der Waals surface area contributed by atoms with Gasteiger partial charge in [0.15, 0.2) is 17.5 Å². The zero-order valence-electron chi connectivity index (χ0n) is 21.8. The lowest BCUT2D eigenvalue weighted by molar-refractivity contribution is 1.08. The maximum absolute atomic E-state index is 5.10. The highest BCUT2D eigenvalue weighted by atomic mass is 15.0. The monoisotopic (exact) mass is 511 g/mol. The normalized spacial score (nSPS) is 11.0. The highest BCUT2D eigenvalue weighted by molar-refractivity contribution is 6.05. The van der Waals surface area contributed by atoms with E-state index in [-0.39, 0.29) is 0 Å². The molecule has 0 spiro atoms. The van der Waals surface area contributed by atoms with E-state index < -0.39 is 0 Å². The first-order valence-electron chi connectivity index (χ1n) is 13.4. The number of hydrogen-bond acceptors (Lipinski definition) is 3. The first-order valence-corrected chi connectivity index (χ1v) is 13.4. The van der Waals surface area contributed by atoms with Crippen LogP contribution in [0.25, 0.3) is 67.2 Å². The summed E-state index contributed by atoms with van der Waals surface area (Å²) in [7, 11) is 0. The lowest BCUT2D eigenvalue weighted by Gasteiger charge is -2.13. The zero-order valence-corrected chi connectivity index (χ0v) is 21.8. The van der Waals surface area contributed by atoms with Crippen molar-refractivity contribution in [2.24, 2.45) is 0 Å². The first kappa shape index (κ1) is 23.7. The lowest BCUT2D eigenvalue weighted by atomic mass is 9.94. The van der Waals surface area contributed by atoms with Crippen LogP contribution in [0.5, 0.6) is 0 Å². The van der Waals surface area contributed by atoms with Crippen molar-refractivity contribution >= 4 is 10.8 Å². The van der Waals surface area contributed by atoms with E-state index in [1.165, 1.54) is 0 Å². The Balaban J connectivity index is 1.47. The van der Waals surface area contributed by atoms with Crippen LogP contribution in [0.15, 0.2) is 152 Å². The summed E-state index contributed by atoms with van der Waals surface area (Å²) in [4.78, 5) is 15.1. The average Bonchev–Trinajstić information content (AvgIpc) is 3.05. The number of rotatable bonds is 5. The third kappa shape index (κ3) is 4.55. The van der Waals surface area contributed by atoms with Gasteiger partial charge in [0, 0.05) is 22.1 Å². The van der Waals surface area contributed by atoms with Gasteiger partial charge in [-0.2, -0.15) is 0 Å². The minimum Gasteiger partial charge on any atom is -0.208 e. The lowest BCUT2D eigenvalue weighted by Crippen LogP contribution is -2.01. The molecule has 0 saturated carbocycles. The van der Waals surface area contributed by atoms with Gasteiger partial charge in [0.05, 0.1) is 0 Å². The van der Waals surface area contributed by atoms with Gasteiger partial charge in [-0.05, 0) is 33.7 Å². The molecule has 7 aromatic rings. The van der Waals surface area contributed by atoms with E-state index in [0.29, 0.717) is 17.5 Å². The summed E-state index contributed by atoms with van der Waals surface area (Å²) in [5.74, 6) is 1.96. The fourth-order valence-electron chi connectivity index (χ4n) is 5.20. The predicted octanol–water partition coefficient (Wildman–Crippen LogP) is 9.36. The highest BCUT2D eigenvalue weighted by Crippen LogP contribution is 2.36. The molecule has 3 nitrogen and oxygen atoms in total. The predicted molar refractivity (Wildman–Crippen MR) is 165 cm³/mol. The summed E-state index contributed by atoms with van der Waals surface area (Å²) in [5.41, 5.74) is 7.48. The molecular formula is C37H25N3. The SMILES string of the molecule is c1ccc(-c2cccc(-c3nc(-c4ccccc4)nc(-c4cccc5cccc(-c6ccccc6)c45)n3)c2)cc1. The van der Waals surface area contributed by atoms with Crippen molar-refractivity contribution in [2.75, 3.05) is 0 Å². The van der Waals surface area contributed by atoms with Crippen molar-refractivity contribution in [1.29, 1.82) is 0 Å². The third-order valence-electron chi connectivity index (χ3n) is 7.13. The highest BCUT2D eigenvalue weighted by Gasteiger charge is 2.16.